The van der Waals surface area contributed by atoms with Gasteiger partial charge < -0.3 is 10.6 Å². The lowest BCUT2D eigenvalue weighted by Gasteiger charge is -2.21. The van der Waals surface area contributed by atoms with E-state index in [0.29, 0.717) is 5.92 Å². The van der Waals surface area contributed by atoms with Gasteiger partial charge in [0.25, 0.3) is 0 Å². The summed E-state index contributed by atoms with van der Waals surface area (Å²) >= 11 is 0. The summed E-state index contributed by atoms with van der Waals surface area (Å²) in [5.41, 5.74) is 3.51. The molecule has 0 saturated heterocycles. The number of nitrogens with one attached hydrogen (secondary N) is 2. The fourth-order valence-electron chi connectivity index (χ4n) is 4.18. The third-order valence-electron chi connectivity index (χ3n) is 5.16. The molecule has 2 aliphatic carbocycles. The Balaban J connectivity index is 1.48. The highest BCUT2D eigenvalue weighted by molar-refractivity contribution is 5.93. The molecule has 1 aliphatic heterocycles. The molecule has 1 heterocycles. The van der Waals surface area contributed by atoms with Crippen LogP contribution in [0.1, 0.15) is 31.2 Å². The van der Waals surface area contributed by atoms with Gasteiger partial charge in [0, 0.05) is 23.8 Å². The van der Waals surface area contributed by atoms with Crippen LogP contribution in [-0.4, -0.2) is 12.5 Å². The van der Waals surface area contributed by atoms with E-state index < -0.39 is 0 Å². The van der Waals surface area contributed by atoms with E-state index in [2.05, 4.69) is 22.8 Å². The van der Waals surface area contributed by atoms with Crippen molar-refractivity contribution in [3.05, 3.63) is 23.8 Å². The molecule has 19 heavy (non-hydrogen) atoms. The van der Waals surface area contributed by atoms with Crippen LogP contribution in [0, 0.1) is 17.8 Å². The summed E-state index contributed by atoms with van der Waals surface area (Å²) < 4.78 is 0. The van der Waals surface area contributed by atoms with Crippen LogP contribution in [0.5, 0.6) is 0 Å². The fourth-order valence-corrected chi connectivity index (χ4v) is 4.18. The molecule has 2 saturated carbocycles. The summed E-state index contributed by atoms with van der Waals surface area (Å²) in [5.74, 6) is 1.99. The zero-order valence-corrected chi connectivity index (χ0v) is 11.1. The second-order valence-corrected chi connectivity index (χ2v) is 6.32. The number of benzene rings is 1. The molecule has 0 aromatic heterocycles. The van der Waals surface area contributed by atoms with Crippen LogP contribution in [0.3, 0.4) is 0 Å². The van der Waals surface area contributed by atoms with Gasteiger partial charge in [-0.25, -0.2) is 0 Å². The quantitative estimate of drug-likeness (QED) is 0.854. The molecular weight excluding hydrogens is 236 g/mol. The number of carbonyl (C=O) groups excluding carboxylic acids is 1. The Bertz CT molecular complexity index is 525. The number of amides is 1. The Hall–Kier alpha value is -1.51. The van der Waals surface area contributed by atoms with Crippen molar-refractivity contribution in [1.82, 2.24) is 0 Å². The lowest BCUT2D eigenvalue weighted by atomic mass is 9.88. The summed E-state index contributed by atoms with van der Waals surface area (Å²) in [4.78, 5) is 12.4. The predicted molar refractivity (Wildman–Crippen MR) is 76.2 cm³/mol. The summed E-state index contributed by atoms with van der Waals surface area (Å²) in [7, 11) is 0. The van der Waals surface area contributed by atoms with Crippen LogP contribution in [0.25, 0.3) is 0 Å². The highest BCUT2D eigenvalue weighted by Gasteiger charge is 2.43. The number of carbonyl (C=O) groups is 1. The van der Waals surface area contributed by atoms with Crippen molar-refractivity contribution in [2.24, 2.45) is 17.8 Å². The Labute approximate surface area is 113 Å². The highest BCUT2D eigenvalue weighted by Crippen LogP contribution is 2.48. The van der Waals surface area contributed by atoms with E-state index in [-0.39, 0.29) is 11.8 Å². The zero-order valence-electron chi connectivity index (χ0n) is 11.1. The first kappa shape index (κ1) is 11.3. The van der Waals surface area contributed by atoms with Gasteiger partial charge in [-0.05, 0) is 61.3 Å². The smallest absolute Gasteiger partial charge is 0.227 e. The van der Waals surface area contributed by atoms with Gasteiger partial charge in [0.15, 0.2) is 0 Å². The molecule has 3 atom stereocenters. The predicted octanol–water partition coefficient (Wildman–Crippen LogP) is 3.03. The second kappa shape index (κ2) is 4.26. The van der Waals surface area contributed by atoms with Crippen LogP contribution in [0.4, 0.5) is 11.4 Å². The maximum atomic E-state index is 12.4. The van der Waals surface area contributed by atoms with Gasteiger partial charge in [-0.3, -0.25) is 4.79 Å². The minimum Gasteiger partial charge on any atom is -0.384 e. The molecule has 2 bridgehead atoms. The molecule has 0 spiro atoms. The lowest BCUT2D eigenvalue weighted by molar-refractivity contribution is -0.121. The van der Waals surface area contributed by atoms with Gasteiger partial charge in [-0.15, -0.1) is 0 Å². The van der Waals surface area contributed by atoms with E-state index in [4.69, 9.17) is 0 Å². The minimum absolute atomic E-state index is 0.248. The van der Waals surface area contributed by atoms with Gasteiger partial charge in [0.2, 0.25) is 5.91 Å². The molecular formula is C16H20N2O. The first-order chi connectivity index (χ1) is 9.29. The molecule has 4 rings (SSSR count). The SMILES string of the molecule is O=C(Nc1ccc2c(c1)CCN2)C1CC2CCC1C2. The number of rotatable bonds is 2. The summed E-state index contributed by atoms with van der Waals surface area (Å²) in [6.45, 7) is 1.01. The summed E-state index contributed by atoms with van der Waals surface area (Å²) in [6, 6.07) is 6.22. The molecule has 3 aliphatic rings. The van der Waals surface area contributed by atoms with E-state index >= 15 is 0 Å². The van der Waals surface area contributed by atoms with E-state index in [1.54, 1.807) is 0 Å². The molecule has 0 radical (unpaired) electrons. The first-order valence-electron chi connectivity index (χ1n) is 7.47. The van der Waals surface area contributed by atoms with Crippen LogP contribution < -0.4 is 10.6 Å². The molecule has 2 N–H and O–H groups in total. The molecule has 2 fully saturated rings. The Kier molecular flexibility index (Phi) is 2.54. The molecule has 3 unspecified atom stereocenters. The Morgan fingerprint density at radius 2 is 2.21 bits per heavy atom. The number of hydrogen-bond acceptors (Lipinski definition) is 2. The molecule has 1 amide bonds. The van der Waals surface area contributed by atoms with E-state index in [9.17, 15) is 4.79 Å². The maximum Gasteiger partial charge on any atom is 0.227 e. The van der Waals surface area contributed by atoms with Gasteiger partial charge >= 0.3 is 0 Å². The van der Waals surface area contributed by atoms with Crippen molar-refractivity contribution in [3.63, 3.8) is 0 Å². The van der Waals surface area contributed by atoms with Crippen LogP contribution in [0.2, 0.25) is 0 Å². The van der Waals surface area contributed by atoms with Gasteiger partial charge in [-0.2, -0.15) is 0 Å². The van der Waals surface area contributed by atoms with E-state index in [0.717, 1.165) is 31.0 Å². The molecule has 3 nitrogen and oxygen atoms in total. The number of anilines is 2. The van der Waals surface area contributed by atoms with Crippen molar-refractivity contribution in [2.45, 2.75) is 32.1 Å². The largest absolute Gasteiger partial charge is 0.384 e. The van der Waals surface area contributed by atoms with Crippen molar-refractivity contribution in [2.75, 3.05) is 17.2 Å². The third kappa shape index (κ3) is 1.92. The van der Waals surface area contributed by atoms with Crippen molar-refractivity contribution >= 4 is 17.3 Å². The third-order valence-corrected chi connectivity index (χ3v) is 5.16. The van der Waals surface area contributed by atoms with Crippen molar-refractivity contribution < 1.29 is 4.79 Å². The fraction of sp³-hybridized carbons (Fsp3) is 0.562. The first-order valence-corrected chi connectivity index (χ1v) is 7.47. The number of hydrogen-bond donors (Lipinski definition) is 2. The molecule has 1 aromatic carbocycles. The van der Waals surface area contributed by atoms with Crippen LogP contribution in [0.15, 0.2) is 18.2 Å². The van der Waals surface area contributed by atoms with Crippen LogP contribution in [-0.2, 0) is 11.2 Å². The highest BCUT2D eigenvalue weighted by atomic mass is 16.1. The molecule has 100 valence electrons. The maximum absolute atomic E-state index is 12.4. The normalized spacial score (nSPS) is 31.1. The minimum atomic E-state index is 0.248. The van der Waals surface area contributed by atoms with Gasteiger partial charge in [0.1, 0.15) is 0 Å². The van der Waals surface area contributed by atoms with Crippen molar-refractivity contribution in [1.29, 1.82) is 0 Å². The van der Waals surface area contributed by atoms with Gasteiger partial charge in [0.05, 0.1) is 0 Å². The monoisotopic (exact) mass is 256 g/mol. The Morgan fingerprint density at radius 1 is 1.26 bits per heavy atom. The average Bonchev–Trinajstić information content (AvgIpc) is 3.13. The Morgan fingerprint density at radius 3 is 3.00 bits per heavy atom. The number of fused-ring (bicyclic) bond motifs is 3. The summed E-state index contributed by atoms with van der Waals surface area (Å²) in [6.07, 6.45) is 6.07. The average molecular weight is 256 g/mol. The second-order valence-electron chi connectivity index (χ2n) is 6.32. The van der Waals surface area contributed by atoms with E-state index in [1.807, 2.05) is 6.07 Å². The van der Waals surface area contributed by atoms with E-state index in [1.165, 1.54) is 30.5 Å². The molecule has 1 aromatic rings. The summed E-state index contributed by atoms with van der Waals surface area (Å²) in [5, 5.41) is 6.48. The van der Waals surface area contributed by atoms with Crippen LogP contribution >= 0.6 is 0 Å². The lowest BCUT2D eigenvalue weighted by Crippen LogP contribution is -2.27. The zero-order chi connectivity index (χ0) is 12.8. The topological polar surface area (TPSA) is 41.1 Å². The molecule has 3 heteroatoms. The standard InChI is InChI=1S/C16H20N2O/c19-16(14-8-10-1-2-11(14)7-10)18-13-3-4-15-12(9-13)5-6-17-15/h3-4,9-11,14,17H,1-2,5-8H2,(H,18,19). The van der Waals surface area contributed by atoms with Gasteiger partial charge in [-0.1, -0.05) is 6.42 Å². The van der Waals surface area contributed by atoms with Crippen molar-refractivity contribution in [3.8, 4) is 0 Å².